The summed E-state index contributed by atoms with van der Waals surface area (Å²) < 4.78 is 169. The van der Waals surface area contributed by atoms with E-state index in [9.17, 15) is 76.0 Å². The molecule has 38 heteroatoms. The molecule has 0 saturated heterocycles. The van der Waals surface area contributed by atoms with Crippen molar-refractivity contribution in [2.75, 3.05) is 48.7 Å². The average Bonchev–Trinajstić information content (AvgIpc) is 1.72. The first-order valence-electron chi connectivity index (χ1n) is 24.9. The zero-order valence-electron chi connectivity index (χ0n) is 45.5. The monoisotopic (exact) mass is 1310 g/mol. The van der Waals surface area contributed by atoms with E-state index < -0.39 is 129 Å². The van der Waals surface area contributed by atoms with Crippen LogP contribution in [0.25, 0.3) is 0 Å². The molecule has 7 rings (SSSR count). The van der Waals surface area contributed by atoms with Gasteiger partial charge in [0, 0.05) is 23.4 Å². The Morgan fingerprint density at radius 3 is 1.75 bits per heavy atom. The van der Waals surface area contributed by atoms with Crippen LogP contribution in [0.2, 0.25) is 5.02 Å². The number of sulfone groups is 1. The van der Waals surface area contributed by atoms with Crippen LogP contribution >= 0.6 is 11.6 Å². The van der Waals surface area contributed by atoms with E-state index in [-0.39, 0.29) is 39.9 Å². The van der Waals surface area contributed by atoms with Crippen LogP contribution in [0.1, 0.15) is 69.2 Å². The largest absolute Gasteiger partial charge is 0.481 e. The van der Waals surface area contributed by atoms with Crippen molar-refractivity contribution in [1.82, 2.24) is 34.4 Å². The van der Waals surface area contributed by atoms with Gasteiger partial charge in [0.1, 0.15) is 21.4 Å². The number of benzene rings is 2. The predicted octanol–water partition coefficient (Wildman–Crippen LogP) is 6.42. The topological polar surface area (TPSA) is 396 Å². The van der Waals surface area contributed by atoms with Gasteiger partial charge in [0.25, 0.3) is 31.9 Å². The third kappa shape index (κ3) is 19.2. The smallest absolute Gasteiger partial charge is 0.388 e. The highest BCUT2D eigenvalue weighted by Gasteiger charge is 2.41. The number of halogens is 6. The van der Waals surface area contributed by atoms with Gasteiger partial charge < -0.3 is 33.5 Å². The number of carbonyl (C=O) groups excluding carboxylic acids is 5. The highest BCUT2D eigenvalue weighted by molar-refractivity contribution is 7.93. The van der Waals surface area contributed by atoms with Gasteiger partial charge in [-0.1, -0.05) is 50.4 Å². The molecule has 87 heavy (non-hydrogen) atoms. The first-order chi connectivity index (χ1) is 41.0. The molecule has 1 aliphatic heterocycles. The minimum atomic E-state index is -4.71. The molecule has 0 spiro atoms. The average molecular weight is 1310 g/mol. The van der Waals surface area contributed by atoms with Crippen LogP contribution < -0.4 is 48.7 Å². The number of pyridine rings is 1. The Kier molecular flexibility index (Phi) is 24.3. The fraction of sp³-hybridized carbons (Fsp3) is 0.327. The Labute approximate surface area is 496 Å². The molecule has 0 bridgehead atoms. The zero-order chi connectivity index (χ0) is 64.4. The van der Waals surface area contributed by atoms with Gasteiger partial charge in [0.05, 0.1) is 55.0 Å². The number of aromatic nitrogens is 5. The summed E-state index contributed by atoms with van der Waals surface area (Å²) in [4.78, 5) is 89.6. The number of sulfonamides is 2. The predicted molar refractivity (Wildman–Crippen MR) is 290 cm³/mol. The van der Waals surface area contributed by atoms with Crippen molar-refractivity contribution in [3.63, 3.8) is 0 Å². The Balaban J connectivity index is 0.000000238. The SMILES string of the molecule is CCCCCOC(=O)COc1cc(N2C(=O)C3=C(CCCC3)C2=O)c(F)cc1Cl.CCS(=O)(=O)c1cccnc1S(=O)(=O)NC(=O)Nc1nc(OC)cc(OC)n1.O=C(Nc1nc(OC(F)F)cc(OC(F)F)n1)NS(=O)(=O)c1ccccc1C(=O)O. The number of hydrogen-bond donors (Lipinski definition) is 5. The minimum absolute atomic E-state index is 0.000883. The molecule has 0 fully saturated rings. The summed E-state index contributed by atoms with van der Waals surface area (Å²) in [6.45, 7) is -3.53. The van der Waals surface area contributed by atoms with E-state index in [0.29, 0.717) is 36.7 Å². The number of hydrogen-bond acceptors (Lipinski definition) is 23. The van der Waals surface area contributed by atoms with Crippen molar-refractivity contribution in [3.05, 3.63) is 94.4 Å². The molecule has 5 N–H and O–H groups in total. The van der Waals surface area contributed by atoms with E-state index in [0.717, 1.165) is 67.5 Å². The number of urea groups is 2. The zero-order valence-corrected chi connectivity index (χ0v) is 48.8. The van der Waals surface area contributed by atoms with Gasteiger partial charge in [-0.3, -0.25) is 20.2 Å². The second-order valence-electron chi connectivity index (χ2n) is 17.1. The normalized spacial score (nSPS) is 13.0. The molecule has 29 nitrogen and oxygen atoms in total. The number of imide groups is 1. The van der Waals surface area contributed by atoms with Crippen molar-refractivity contribution in [2.24, 2.45) is 0 Å². The Hall–Kier alpha value is -9.10. The van der Waals surface area contributed by atoms with Crippen LogP contribution in [0.15, 0.2) is 92.8 Å². The van der Waals surface area contributed by atoms with Gasteiger partial charge in [-0.15, -0.1) is 0 Å². The lowest BCUT2D eigenvalue weighted by molar-refractivity contribution is -0.146. The van der Waals surface area contributed by atoms with Crippen molar-refractivity contribution < 1.29 is 110 Å². The number of carbonyl (C=O) groups is 6. The first-order valence-corrected chi connectivity index (χ1v) is 29.9. The van der Waals surface area contributed by atoms with E-state index >= 15 is 0 Å². The molecule has 470 valence electrons. The molecule has 2 aromatic carbocycles. The number of amides is 6. The third-order valence-electron chi connectivity index (χ3n) is 11.2. The van der Waals surface area contributed by atoms with Crippen LogP contribution in [-0.2, 0) is 49.0 Å². The number of alkyl halides is 4. The quantitative estimate of drug-likeness (QED) is 0.0204. The van der Waals surface area contributed by atoms with E-state index in [1.165, 1.54) is 56.2 Å². The van der Waals surface area contributed by atoms with Gasteiger partial charge in [0.15, 0.2) is 21.5 Å². The Morgan fingerprint density at radius 1 is 0.713 bits per heavy atom. The fourth-order valence-corrected chi connectivity index (χ4v) is 11.2. The van der Waals surface area contributed by atoms with Crippen molar-refractivity contribution >= 4 is 94.9 Å². The number of nitrogens with one attached hydrogen (secondary N) is 4. The standard InChI is InChI=1S/C21H23ClFNO5.C14H10F4N4O7S.C14H17N5O7S2/c1-2-3-6-9-28-19(25)12-29-18-11-17(16(23)10-15(18)22)24-20(26)13-7-4-5-8-14(13)21(24)27;15-11(16)28-8-5-9(29-12(17)18)20-13(19-8)21-14(25)22-30(26,27)7-4-2-1-3-6(7)10(23)24;1-4-27(21,22)9-6-5-7-15-12(9)28(23,24)19-14(20)18-13-16-10(25-2)8-11(17-13)26-3/h10-11H,2-9,12H2,1H3;1-5,11-12H,(H,23,24)(H2,19,20,21,22,25);5-8H,4H2,1-3H3,(H2,16,17,18,19,20). The molecular formula is C49H50ClF5N10O19S3. The van der Waals surface area contributed by atoms with Gasteiger partial charge in [-0.05, 0) is 62.4 Å². The second kappa shape index (κ2) is 30.8. The number of carboxylic acids is 1. The molecule has 5 aromatic rings. The molecule has 4 heterocycles. The van der Waals surface area contributed by atoms with Crippen LogP contribution in [0.3, 0.4) is 0 Å². The fourth-order valence-electron chi connectivity index (χ4n) is 7.36. The highest BCUT2D eigenvalue weighted by atomic mass is 35.5. The number of unbranched alkanes of at least 4 members (excludes halogenated alkanes) is 2. The van der Waals surface area contributed by atoms with Gasteiger partial charge in [-0.25, -0.2) is 59.7 Å². The van der Waals surface area contributed by atoms with Gasteiger partial charge >= 0.3 is 37.2 Å². The van der Waals surface area contributed by atoms with E-state index in [1.807, 2.05) is 6.92 Å². The number of rotatable bonds is 23. The summed E-state index contributed by atoms with van der Waals surface area (Å²) in [5, 5.41) is 12.0. The van der Waals surface area contributed by atoms with Crippen molar-refractivity contribution in [3.8, 4) is 29.3 Å². The maximum Gasteiger partial charge on any atom is 0.388 e. The van der Waals surface area contributed by atoms with E-state index in [4.69, 9.17) is 35.7 Å². The lowest BCUT2D eigenvalue weighted by atomic mass is 9.93. The summed E-state index contributed by atoms with van der Waals surface area (Å²) in [6.07, 6.45) is 6.49. The molecule has 6 amide bonds. The van der Waals surface area contributed by atoms with Crippen LogP contribution in [-0.4, -0.2) is 138 Å². The molecule has 1 aliphatic carbocycles. The lowest BCUT2D eigenvalue weighted by Gasteiger charge is -2.18. The summed E-state index contributed by atoms with van der Waals surface area (Å²) in [6, 6.07) is 7.85. The number of carboxylic acid groups (broad SMARTS) is 1. The molecular weight excluding hydrogens is 1260 g/mol. The Bertz CT molecular complexity index is 3700. The number of methoxy groups -OCH3 is 2. The van der Waals surface area contributed by atoms with Crippen molar-refractivity contribution in [1.29, 1.82) is 0 Å². The molecule has 0 saturated carbocycles. The molecule has 2 aliphatic rings. The molecule has 0 radical (unpaired) electrons. The number of ether oxygens (including phenoxy) is 6. The maximum atomic E-state index is 14.5. The molecule has 0 unspecified atom stereocenters. The third-order valence-corrected chi connectivity index (χ3v) is 16.1. The van der Waals surface area contributed by atoms with Crippen LogP contribution in [0, 0.1) is 5.82 Å². The second-order valence-corrected chi connectivity index (χ2v) is 23.0. The van der Waals surface area contributed by atoms with Gasteiger partial charge in [0.2, 0.25) is 35.4 Å². The molecule has 3 aromatic heterocycles. The summed E-state index contributed by atoms with van der Waals surface area (Å²) in [7, 11) is -10.6. The lowest BCUT2D eigenvalue weighted by Crippen LogP contribution is -2.36. The number of esters is 1. The van der Waals surface area contributed by atoms with E-state index in [2.05, 4.69) is 39.7 Å². The first kappa shape index (κ1) is 68.7. The molecule has 0 atom stereocenters. The summed E-state index contributed by atoms with van der Waals surface area (Å²) >= 11 is 6.02. The van der Waals surface area contributed by atoms with Gasteiger partial charge in [-0.2, -0.15) is 45.9 Å². The highest BCUT2D eigenvalue weighted by Crippen LogP contribution is 2.40. The van der Waals surface area contributed by atoms with Crippen LogP contribution in [0.4, 0.5) is 49.1 Å². The van der Waals surface area contributed by atoms with Crippen molar-refractivity contribution in [2.45, 2.75) is 86.8 Å². The summed E-state index contributed by atoms with van der Waals surface area (Å²) in [5.74, 6) is -7.38. The Morgan fingerprint density at radius 2 is 1.23 bits per heavy atom. The number of aromatic carboxylic acids is 1. The minimum Gasteiger partial charge on any atom is -0.481 e. The summed E-state index contributed by atoms with van der Waals surface area (Å²) in [5.41, 5.74) is 0.0292. The maximum absolute atomic E-state index is 14.5. The number of nitrogens with zero attached hydrogens (tertiary/aromatic N) is 6. The van der Waals surface area contributed by atoms with E-state index in [1.54, 1.807) is 10.0 Å². The number of anilines is 3. The van der Waals surface area contributed by atoms with Crippen LogP contribution in [0.5, 0.6) is 29.3 Å².